The number of pyridine rings is 2. The number of piperidine rings is 1. The van der Waals surface area contributed by atoms with Crippen LogP contribution in [0.25, 0.3) is 22.3 Å². The number of rotatable bonds is 7. The van der Waals surface area contributed by atoms with Gasteiger partial charge in [-0.2, -0.15) is 0 Å². The first-order valence-corrected chi connectivity index (χ1v) is 12.2. The lowest BCUT2D eigenvalue weighted by Crippen LogP contribution is -2.31. The summed E-state index contributed by atoms with van der Waals surface area (Å²) in [6, 6.07) is 7.06. The Morgan fingerprint density at radius 2 is 1.81 bits per heavy atom. The van der Waals surface area contributed by atoms with E-state index in [2.05, 4.69) is 68.5 Å². The van der Waals surface area contributed by atoms with Crippen LogP contribution in [0.3, 0.4) is 0 Å². The SMILES string of the molecule is CCc1cc2c(nc1-c1ccc(C(C)C)nc1N1CCCCC1)c(C)cn2[C@@H](C)COC. The van der Waals surface area contributed by atoms with Crippen molar-refractivity contribution >= 4 is 16.9 Å². The molecule has 0 saturated carbocycles. The maximum Gasteiger partial charge on any atom is 0.138 e. The van der Waals surface area contributed by atoms with Gasteiger partial charge >= 0.3 is 0 Å². The van der Waals surface area contributed by atoms with Crippen LogP contribution >= 0.6 is 0 Å². The molecule has 0 aromatic carbocycles. The number of hydrogen-bond donors (Lipinski definition) is 0. The maximum atomic E-state index is 5.42. The molecule has 4 rings (SSSR count). The third kappa shape index (κ3) is 4.27. The van der Waals surface area contributed by atoms with Crippen LogP contribution in [0, 0.1) is 6.92 Å². The molecule has 1 aliphatic heterocycles. The number of hydrogen-bond acceptors (Lipinski definition) is 4. The summed E-state index contributed by atoms with van der Waals surface area (Å²) in [7, 11) is 1.76. The van der Waals surface area contributed by atoms with Crippen LogP contribution in [0.15, 0.2) is 24.4 Å². The lowest BCUT2D eigenvalue weighted by atomic mass is 10.00. The maximum absolute atomic E-state index is 5.42. The van der Waals surface area contributed by atoms with Crippen LogP contribution in [0.1, 0.15) is 75.7 Å². The largest absolute Gasteiger partial charge is 0.383 e. The second kappa shape index (κ2) is 9.62. The molecule has 4 heterocycles. The summed E-state index contributed by atoms with van der Waals surface area (Å²) in [5.41, 5.74) is 8.17. The van der Waals surface area contributed by atoms with Crippen LogP contribution in [0.5, 0.6) is 0 Å². The monoisotopic (exact) mass is 434 g/mol. The molecule has 1 atom stereocenters. The minimum atomic E-state index is 0.268. The molecule has 32 heavy (non-hydrogen) atoms. The Morgan fingerprint density at radius 1 is 1.06 bits per heavy atom. The van der Waals surface area contributed by atoms with Crippen molar-refractivity contribution in [2.75, 3.05) is 31.7 Å². The van der Waals surface area contributed by atoms with Crippen LogP contribution in [0.2, 0.25) is 0 Å². The van der Waals surface area contributed by atoms with Gasteiger partial charge in [-0.1, -0.05) is 20.8 Å². The standard InChI is InChI=1S/C27H38N4O/c1-7-21-15-24-25(19(4)16-31(24)20(5)17-32-6)29-26(21)22-11-12-23(18(2)3)28-27(22)30-13-9-8-10-14-30/h11-12,15-16,18,20H,7-10,13-14,17H2,1-6H3/t20-/m0/s1. The highest BCUT2D eigenvalue weighted by Crippen LogP contribution is 2.36. The summed E-state index contributed by atoms with van der Waals surface area (Å²) in [5, 5.41) is 0. The first-order chi connectivity index (χ1) is 15.4. The van der Waals surface area contributed by atoms with Crippen molar-refractivity contribution in [2.45, 2.75) is 72.3 Å². The molecule has 0 spiro atoms. The van der Waals surface area contributed by atoms with Crippen LogP contribution in [-0.2, 0) is 11.2 Å². The zero-order valence-corrected chi connectivity index (χ0v) is 20.6. The summed E-state index contributed by atoms with van der Waals surface area (Å²) in [6.45, 7) is 13.9. The molecular weight excluding hydrogens is 396 g/mol. The molecule has 3 aromatic heterocycles. The van der Waals surface area contributed by atoms with E-state index in [1.54, 1.807) is 7.11 Å². The Labute approximate surface area is 192 Å². The molecule has 0 aliphatic carbocycles. The van der Waals surface area contributed by atoms with Crippen molar-refractivity contribution in [1.29, 1.82) is 0 Å². The molecule has 0 bridgehead atoms. The second-order valence-corrected chi connectivity index (χ2v) is 9.55. The van der Waals surface area contributed by atoms with E-state index in [-0.39, 0.29) is 6.04 Å². The van der Waals surface area contributed by atoms with Gasteiger partial charge in [0, 0.05) is 37.7 Å². The normalized spacial score (nSPS) is 15.7. The first kappa shape index (κ1) is 22.8. The Morgan fingerprint density at radius 3 is 2.47 bits per heavy atom. The van der Waals surface area contributed by atoms with Crippen LogP contribution in [0.4, 0.5) is 5.82 Å². The molecule has 5 heteroatoms. The van der Waals surface area contributed by atoms with E-state index in [0.717, 1.165) is 42.2 Å². The minimum Gasteiger partial charge on any atom is -0.383 e. The van der Waals surface area contributed by atoms with Crippen molar-refractivity contribution in [3.8, 4) is 11.3 Å². The van der Waals surface area contributed by atoms with Gasteiger partial charge in [0.25, 0.3) is 0 Å². The summed E-state index contributed by atoms with van der Waals surface area (Å²) >= 11 is 0. The zero-order chi connectivity index (χ0) is 22.8. The Hall–Kier alpha value is -2.40. The van der Waals surface area contributed by atoms with Gasteiger partial charge in [-0.05, 0) is 74.8 Å². The number of aryl methyl sites for hydroxylation is 2. The molecule has 5 nitrogen and oxygen atoms in total. The zero-order valence-electron chi connectivity index (χ0n) is 20.6. The second-order valence-electron chi connectivity index (χ2n) is 9.55. The summed E-state index contributed by atoms with van der Waals surface area (Å²) in [5.74, 6) is 1.52. The van der Waals surface area contributed by atoms with Crippen LogP contribution in [-0.4, -0.2) is 41.3 Å². The number of fused-ring (bicyclic) bond motifs is 1. The predicted octanol–water partition coefficient (Wildman–Crippen LogP) is 6.29. The summed E-state index contributed by atoms with van der Waals surface area (Å²) in [6.07, 6.45) is 6.94. The van der Waals surface area contributed by atoms with E-state index in [9.17, 15) is 0 Å². The smallest absolute Gasteiger partial charge is 0.138 e. The highest BCUT2D eigenvalue weighted by Gasteiger charge is 2.22. The van der Waals surface area contributed by atoms with E-state index in [0.29, 0.717) is 12.5 Å². The van der Waals surface area contributed by atoms with Gasteiger partial charge in [-0.15, -0.1) is 0 Å². The van der Waals surface area contributed by atoms with Crippen molar-refractivity contribution in [3.05, 3.63) is 41.2 Å². The number of ether oxygens (including phenoxy) is 1. The fourth-order valence-corrected chi connectivity index (χ4v) is 4.87. The van der Waals surface area contributed by atoms with Gasteiger partial charge in [0.05, 0.1) is 29.4 Å². The van der Waals surface area contributed by atoms with Crippen molar-refractivity contribution < 1.29 is 4.74 Å². The van der Waals surface area contributed by atoms with Crippen LogP contribution < -0.4 is 4.90 Å². The predicted molar refractivity (Wildman–Crippen MR) is 134 cm³/mol. The molecular formula is C27H38N4O. The third-order valence-corrected chi connectivity index (χ3v) is 6.73. The van der Waals surface area contributed by atoms with Gasteiger partial charge in [-0.25, -0.2) is 9.97 Å². The van der Waals surface area contributed by atoms with Crippen molar-refractivity contribution in [2.24, 2.45) is 0 Å². The summed E-state index contributed by atoms with van der Waals surface area (Å²) in [4.78, 5) is 12.9. The van der Waals surface area contributed by atoms with E-state index >= 15 is 0 Å². The average molecular weight is 435 g/mol. The van der Waals surface area contributed by atoms with Crippen molar-refractivity contribution in [3.63, 3.8) is 0 Å². The number of nitrogens with zero attached hydrogens (tertiary/aromatic N) is 4. The summed E-state index contributed by atoms with van der Waals surface area (Å²) < 4.78 is 7.74. The fraction of sp³-hybridized carbons (Fsp3) is 0.556. The first-order valence-electron chi connectivity index (χ1n) is 12.2. The Balaban J connectivity index is 1.90. The fourth-order valence-electron chi connectivity index (χ4n) is 4.87. The van der Waals surface area contributed by atoms with Gasteiger partial charge < -0.3 is 14.2 Å². The minimum absolute atomic E-state index is 0.268. The molecule has 1 fully saturated rings. The van der Waals surface area contributed by atoms with E-state index in [1.807, 2.05) is 0 Å². The van der Waals surface area contributed by atoms with Gasteiger partial charge in [-0.3, -0.25) is 0 Å². The lowest BCUT2D eigenvalue weighted by molar-refractivity contribution is 0.164. The topological polar surface area (TPSA) is 43.2 Å². The highest BCUT2D eigenvalue weighted by molar-refractivity contribution is 5.86. The molecule has 0 N–H and O–H groups in total. The quantitative estimate of drug-likeness (QED) is 0.438. The average Bonchev–Trinajstić information content (AvgIpc) is 3.14. The number of aromatic nitrogens is 3. The van der Waals surface area contributed by atoms with E-state index < -0.39 is 0 Å². The molecule has 172 valence electrons. The molecule has 0 radical (unpaired) electrons. The lowest BCUT2D eigenvalue weighted by Gasteiger charge is -2.30. The van der Waals surface area contributed by atoms with Gasteiger partial charge in [0.15, 0.2) is 0 Å². The molecule has 3 aromatic rings. The number of anilines is 1. The molecule has 1 saturated heterocycles. The Bertz CT molecular complexity index is 1080. The molecule has 0 amide bonds. The Kier molecular flexibility index (Phi) is 6.85. The molecule has 1 aliphatic rings. The van der Waals surface area contributed by atoms with Gasteiger partial charge in [0.1, 0.15) is 5.82 Å². The third-order valence-electron chi connectivity index (χ3n) is 6.73. The van der Waals surface area contributed by atoms with E-state index in [4.69, 9.17) is 14.7 Å². The van der Waals surface area contributed by atoms with Gasteiger partial charge in [0.2, 0.25) is 0 Å². The number of methoxy groups -OCH3 is 1. The molecule has 0 unspecified atom stereocenters. The highest BCUT2D eigenvalue weighted by atomic mass is 16.5. The van der Waals surface area contributed by atoms with Crippen molar-refractivity contribution in [1.82, 2.24) is 14.5 Å². The van der Waals surface area contributed by atoms with E-state index in [1.165, 1.54) is 41.5 Å².